The largest absolute Gasteiger partial charge is 0.335 e. The molecule has 2 nitrogen and oxygen atoms in total. The van der Waals surface area contributed by atoms with Gasteiger partial charge in [0.1, 0.15) is 5.82 Å². The second-order valence-electron chi connectivity index (χ2n) is 4.65. The lowest BCUT2D eigenvalue weighted by atomic mass is 10.1. The van der Waals surface area contributed by atoms with Crippen molar-refractivity contribution in [1.29, 1.82) is 0 Å². The van der Waals surface area contributed by atoms with Gasteiger partial charge in [-0.15, -0.1) is 0 Å². The fourth-order valence-electron chi connectivity index (χ4n) is 1.79. The summed E-state index contributed by atoms with van der Waals surface area (Å²) in [5, 5.41) is 4.75. The molecule has 0 amide bonds. The first-order valence-corrected chi connectivity index (χ1v) is 6.75. The van der Waals surface area contributed by atoms with Crippen LogP contribution in [0.5, 0.6) is 0 Å². The highest BCUT2D eigenvalue weighted by molar-refractivity contribution is 8.15. The second-order valence-corrected chi connectivity index (χ2v) is 5.94. The summed E-state index contributed by atoms with van der Waals surface area (Å²) in [6, 6.07) is 6.37. The number of hydrogen-bond donors (Lipinski definition) is 1. The molecule has 0 spiro atoms. The van der Waals surface area contributed by atoms with Gasteiger partial charge in [-0.25, -0.2) is 4.39 Å². The zero-order chi connectivity index (χ0) is 12.3. The van der Waals surface area contributed by atoms with Crippen LogP contribution < -0.4 is 5.32 Å². The minimum Gasteiger partial charge on any atom is -0.335 e. The summed E-state index contributed by atoms with van der Waals surface area (Å²) < 4.78 is 12.7. The van der Waals surface area contributed by atoms with Crippen LogP contribution in [-0.4, -0.2) is 17.0 Å². The molecule has 0 fully saturated rings. The number of benzene rings is 1. The van der Waals surface area contributed by atoms with Gasteiger partial charge >= 0.3 is 0 Å². The third-order valence-electron chi connectivity index (χ3n) is 2.55. The topological polar surface area (TPSA) is 24.4 Å². The minimum atomic E-state index is -0.214. The van der Waals surface area contributed by atoms with E-state index in [1.54, 1.807) is 23.9 Å². The third-order valence-corrected chi connectivity index (χ3v) is 3.68. The third kappa shape index (κ3) is 3.73. The maximum Gasteiger partial charge on any atom is 0.161 e. The maximum absolute atomic E-state index is 12.7. The van der Waals surface area contributed by atoms with Gasteiger partial charge in [-0.3, -0.25) is 4.99 Å². The average Bonchev–Trinajstić information content (AvgIpc) is 2.68. The molecule has 1 aromatic carbocycles. The Morgan fingerprint density at radius 2 is 2.12 bits per heavy atom. The first kappa shape index (κ1) is 12.4. The molecule has 0 saturated heterocycles. The molecule has 0 saturated carbocycles. The van der Waals surface area contributed by atoms with Crippen LogP contribution >= 0.6 is 11.8 Å². The Labute approximate surface area is 106 Å². The van der Waals surface area contributed by atoms with Crippen LogP contribution in [-0.2, 0) is 0 Å². The monoisotopic (exact) mass is 252 g/mol. The molecule has 0 aliphatic carbocycles. The van der Waals surface area contributed by atoms with Crippen molar-refractivity contribution in [2.24, 2.45) is 10.9 Å². The Morgan fingerprint density at radius 3 is 2.76 bits per heavy atom. The van der Waals surface area contributed by atoms with Gasteiger partial charge in [-0.05, 0) is 36.6 Å². The van der Waals surface area contributed by atoms with Gasteiger partial charge in [-0.1, -0.05) is 25.6 Å². The van der Waals surface area contributed by atoms with E-state index in [1.807, 2.05) is 0 Å². The Balaban J connectivity index is 1.87. The highest BCUT2D eigenvalue weighted by atomic mass is 32.2. The number of amidine groups is 1. The lowest BCUT2D eigenvalue weighted by molar-refractivity contribution is 0.575. The van der Waals surface area contributed by atoms with E-state index in [0.29, 0.717) is 11.2 Å². The predicted molar refractivity (Wildman–Crippen MR) is 73.2 cm³/mol. The fraction of sp³-hybridized carbons (Fsp3) is 0.462. The van der Waals surface area contributed by atoms with Gasteiger partial charge in [0, 0.05) is 10.9 Å². The van der Waals surface area contributed by atoms with Gasteiger partial charge < -0.3 is 5.32 Å². The van der Waals surface area contributed by atoms with E-state index in [4.69, 9.17) is 0 Å². The van der Waals surface area contributed by atoms with Crippen molar-refractivity contribution >= 4 is 22.6 Å². The lowest BCUT2D eigenvalue weighted by Crippen LogP contribution is -2.09. The van der Waals surface area contributed by atoms with Crippen molar-refractivity contribution in [3.05, 3.63) is 30.1 Å². The summed E-state index contributed by atoms with van der Waals surface area (Å²) in [4.78, 5) is 4.46. The van der Waals surface area contributed by atoms with Gasteiger partial charge in [0.25, 0.3) is 0 Å². The summed E-state index contributed by atoms with van der Waals surface area (Å²) >= 11 is 1.78. The number of nitrogens with one attached hydrogen (secondary N) is 1. The zero-order valence-corrected chi connectivity index (χ0v) is 10.9. The van der Waals surface area contributed by atoms with Crippen molar-refractivity contribution in [2.45, 2.75) is 25.5 Å². The molecule has 0 radical (unpaired) electrons. The second kappa shape index (κ2) is 5.54. The maximum atomic E-state index is 12.7. The van der Waals surface area contributed by atoms with Crippen LogP contribution in [0.25, 0.3) is 0 Å². The number of anilines is 1. The van der Waals surface area contributed by atoms with E-state index >= 15 is 0 Å². The molecule has 17 heavy (non-hydrogen) atoms. The molecule has 1 aliphatic heterocycles. The standard InChI is InChI=1S/C13H17FN2S/c1-9(2)7-12-8-15-13(17-12)16-11-5-3-10(14)4-6-11/h3-6,9,12H,7-8H2,1-2H3,(H,15,16). The van der Waals surface area contributed by atoms with Crippen LogP contribution in [0.3, 0.4) is 0 Å². The van der Waals surface area contributed by atoms with Crippen molar-refractivity contribution in [3.8, 4) is 0 Å². The molecular weight excluding hydrogens is 235 g/mol. The van der Waals surface area contributed by atoms with E-state index < -0.39 is 0 Å². The van der Waals surface area contributed by atoms with Gasteiger partial charge in [0.2, 0.25) is 0 Å². The van der Waals surface area contributed by atoms with Crippen molar-refractivity contribution in [1.82, 2.24) is 0 Å². The Kier molecular flexibility index (Phi) is 4.05. The Bertz CT molecular complexity index is 400. The van der Waals surface area contributed by atoms with E-state index in [9.17, 15) is 4.39 Å². The summed E-state index contributed by atoms with van der Waals surface area (Å²) in [5.41, 5.74) is 0.892. The van der Waals surface area contributed by atoms with Crippen LogP contribution in [0.1, 0.15) is 20.3 Å². The Hall–Kier alpha value is -1.03. The summed E-state index contributed by atoms with van der Waals surface area (Å²) in [6.07, 6.45) is 1.18. The molecular formula is C13H17FN2S. The average molecular weight is 252 g/mol. The number of hydrogen-bond acceptors (Lipinski definition) is 3. The molecule has 0 bridgehead atoms. The first-order chi connectivity index (χ1) is 8.13. The quantitative estimate of drug-likeness (QED) is 0.886. The molecule has 1 heterocycles. The normalized spacial score (nSPS) is 19.5. The van der Waals surface area contributed by atoms with Crippen LogP contribution in [0, 0.1) is 11.7 Å². The van der Waals surface area contributed by atoms with Gasteiger partial charge in [-0.2, -0.15) is 0 Å². The molecule has 1 N–H and O–H groups in total. The van der Waals surface area contributed by atoms with Gasteiger partial charge in [0.15, 0.2) is 5.17 Å². The van der Waals surface area contributed by atoms with Crippen molar-refractivity contribution in [2.75, 3.05) is 11.9 Å². The Morgan fingerprint density at radius 1 is 1.41 bits per heavy atom. The summed E-state index contributed by atoms with van der Waals surface area (Å²) in [7, 11) is 0. The highest BCUT2D eigenvalue weighted by Gasteiger charge is 2.20. The van der Waals surface area contributed by atoms with Crippen LogP contribution in [0.2, 0.25) is 0 Å². The van der Waals surface area contributed by atoms with Crippen molar-refractivity contribution < 1.29 is 4.39 Å². The fourth-order valence-corrected chi connectivity index (χ4v) is 3.06. The van der Waals surface area contributed by atoms with E-state index in [2.05, 4.69) is 24.2 Å². The number of halogens is 1. The summed E-state index contributed by atoms with van der Waals surface area (Å²) in [6.45, 7) is 5.34. The van der Waals surface area contributed by atoms with Gasteiger partial charge in [0.05, 0.1) is 6.54 Å². The first-order valence-electron chi connectivity index (χ1n) is 5.87. The number of rotatable bonds is 3. The van der Waals surface area contributed by atoms with E-state index in [0.717, 1.165) is 17.4 Å². The molecule has 0 aromatic heterocycles. The SMILES string of the molecule is CC(C)CC1CN=C(Nc2ccc(F)cc2)S1. The van der Waals surface area contributed by atoms with E-state index in [-0.39, 0.29) is 5.82 Å². The number of aliphatic imine (C=N–C) groups is 1. The molecule has 1 aromatic rings. The molecule has 2 rings (SSSR count). The molecule has 1 unspecified atom stereocenters. The minimum absolute atomic E-state index is 0.214. The lowest BCUT2D eigenvalue weighted by Gasteiger charge is -2.11. The predicted octanol–water partition coefficient (Wildman–Crippen LogP) is 3.76. The van der Waals surface area contributed by atoms with Crippen LogP contribution in [0.15, 0.2) is 29.3 Å². The molecule has 1 atom stereocenters. The van der Waals surface area contributed by atoms with Crippen LogP contribution in [0.4, 0.5) is 10.1 Å². The summed E-state index contributed by atoms with van der Waals surface area (Å²) in [5.74, 6) is 0.488. The number of nitrogens with zero attached hydrogens (tertiary/aromatic N) is 1. The number of thioether (sulfide) groups is 1. The van der Waals surface area contributed by atoms with Crippen molar-refractivity contribution in [3.63, 3.8) is 0 Å². The molecule has 1 aliphatic rings. The molecule has 4 heteroatoms. The highest BCUT2D eigenvalue weighted by Crippen LogP contribution is 2.27. The van der Waals surface area contributed by atoms with E-state index in [1.165, 1.54) is 18.6 Å². The zero-order valence-electron chi connectivity index (χ0n) is 10.1. The smallest absolute Gasteiger partial charge is 0.161 e. The molecule has 92 valence electrons.